The van der Waals surface area contributed by atoms with Crippen LogP contribution in [-0.4, -0.2) is 35.9 Å². The van der Waals surface area contributed by atoms with Crippen LogP contribution in [0.4, 0.5) is 0 Å². The Bertz CT molecular complexity index is 947. The predicted octanol–water partition coefficient (Wildman–Crippen LogP) is 0.152. The Morgan fingerprint density at radius 3 is 2.72 bits per heavy atom. The van der Waals surface area contributed by atoms with Crippen molar-refractivity contribution in [2.24, 2.45) is 0 Å². The van der Waals surface area contributed by atoms with Crippen molar-refractivity contribution in [1.29, 1.82) is 0 Å². The molecule has 0 fully saturated rings. The molecule has 0 spiro atoms. The average Bonchev–Trinajstić information content (AvgIpc) is 3.07. The topological polar surface area (TPSA) is 108 Å². The van der Waals surface area contributed by atoms with Crippen molar-refractivity contribution in [3.63, 3.8) is 0 Å². The van der Waals surface area contributed by atoms with Crippen molar-refractivity contribution < 1.29 is 4.79 Å². The summed E-state index contributed by atoms with van der Waals surface area (Å²) in [7, 11) is 0. The zero-order valence-corrected chi connectivity index (χ0v) is 13.9. The summed E-state index contributed by atoms with van der Waals surface area (Å²) in [4.78, 5) is 24.0. The number of nitrogens with one attached hydrogen (secondary N) is 1. The van der Waals surface area contributed by atoms with Gasteiger partial charge in [-0.1, -0.05) is 18.2 Å². The average molecular weight is 339 g/mol. The van der Waals surface area contributed by atoms with E-state index < -0.39 is 0 Å². The summed E-state index contributed by atoms with van der Waals surface area (Å²) in [5.74, 6) is 0.139. The zero-order chi connectivity index (χ0) is 17.8. The van der Waals surface area contributed by atoms with E-state index in [1.165, 1.54) is 6.07 Å². The monoisotopic (exact) mass is 339 g/mol. The highest BCUT2D eigenvalue weighted by atomic mass is 16.2. The van der Waals surface area contributed by atoms with Gasteiger partial charge in [0, 0.05) is 6.07 Å². The van der Waals surface area contributed by atoms with Crippen LogP contribution >= 0.6 is 0 Å². The number of carbonyl (C=O) groups excluding carboxylic acids is 1. The van der Waals surface area contributed by atoms with Gasteiger partial charge in [-0.05, 0) is 42.0 Å². The lowest BCUT2D eigenvalue weighted by Gasteiger charge is -2.08. The maximum Gasteiger partial charge on any atom is 0.267 e. The molecule has 0 saturated heterocycles. The number of tetrazole rings is 1. The lowest BCUT2D eigenvalue weighted by molar-refractivity contribution is -0.122. The van der Waals surface area contributed by atoms with Crippen LogP contribution in [0.1, 0.15) is 17.1 Å². The Morgan fingerprint density at radius 2 is 1.96 bits per heavy atom. The number of nitrogens with zero attached hydrogens (tertiary/aromatic N) is 6. The largest absolute Gasteiger partial charge is 0.347 e. The minimum atomic E-state index is -0.347. The number of aromatic nitrogens is 6. The summed E-state index contributed by atoms with van der Waals surface area (Å²) >= 11 is 0. The van der Waals surface area contributed by atoms with Crippen molar-refractivity contribution >= 4 is 5.91 Å². The van der Waals surface area contributed by atoms with Gasteiger partial charge in [0.25, 0.3) is 5.56 Å². The van der Waals surface area contributed by atoms with Gasteiger partial charge >= 0.3 is 0 Å². The molecule has 3 rings (SSSR count). The van der Waals surface area contributed by atoms with Gasteiger partial charge in [0.1, 0.15) is 6.54 Å². The predicted molar refractivity (Wildman–Crippen MR) is 89.0 cm³/mol. The third kappa shape index (κ3) is 3.77. The van der Waals surface area contributed by atoms with E-state index in [4.69, 9.17) is 0 Å². The molecule has 0 atom stereocenters. The van der Waals surface area contributed by atoms with E-state index in [0.717, 1.165) is 15.9 Å². The second-order valence-electron chi connectivity index (χ2n) is 5.53. The summed E-state index contributed by atoms with van der Waals surface area (Å²) in [6, 6.07) is 10.8. The van der Waals surface area contributed by atoms with E-state index >= 15 is 0 Å². The first-order chi connectivity index (χ1) is 12.0. The molecule has 9 heteroatoms. The maximum absolute atomic E-state index is 12.1. The molecule has 3 aromatic rings. The molecule has 0 aliphatic heterocycles. The number of carbonyl (C=O) groups is 1. The van der Waals surface area contributed by atoms with Gasteiger partial charge in [0.15, 0.2) is 5.82 Å². The first kappa shape index (κ1) is 16.5. The van der Waals surface area contributed by atoms with Crippen LogP contribution in [0, 0.1) is 13.8 Å². The van der Waals surface area contributed by atoms with E-state index in [2.05, 4.69) is 25.9 Å². The van der Waals surface area contributed by atoms with E-state index in [1.807, 2.05) is 30.3 Å². The molecule has 0 radical (unpaired) electrons. The Kier molecular flexibility index (Phi) is 4.64. The molecule has 9 nitrogen and oxygen atoms in total. The molecule has 2 heterocycles. The van der Waals surface area contributed by atoms with E-state index in [9.17, 15) is 9.59 Å². The number of hydrogen-bond acceptors (Lipinski definition) is 6. The van der Waals surface area contributed by atoms with Crippen molar-refractivity contribution in [2.75, 3.05) is 0 Å². The molecular formula is C16H17N7O2. The molecular weight excluding hydrogens is 322 g/mol. The van der Waals surface area contributed by atoms with Crippen molar-refractivity contribution in [3.05, 3.63) is 63.8 Å². The van der Waals surface area contributed by atoms with Gasteiger partial charge in [0.2, 0.25) is 5.91 Å². The third-order valence-corrected chi connectivity index (χ3v) is 3.71. The Hall–Kier alpha value is -3.36. The molecule has 0 bridgehead atoms. The fourth-order valence-electron chi connectivity index (χ4n) is 2.24. The van der Waals surface area contributed by atoms with Crippen molar-refractivity contribution in [2.45, 2.75) is 26.9 Å². The number of para-hydroxylation sites is 1. The van der Waals surface area contributed by atoms with Gasteiger partial charge in [0.05, 0.1) is 17.9 Å². The highest BCUT2D eigenvalue weighted by Crippen LogP contribution is 2.06. The lowest BCUT2D eigenvalue weighted by Crippen LogP contribution is -2.34. The molecule has 0 aliphatic rings. The van der Waals surface area contributed by atoms with E-state index in [1.54, 1.807) is 18.5 Å². The lowest BCUT2D eigenvalue weighted by atomic mass is 10.2. The van der Waals surface area contributed by atoms with Gasteiger partial charge in [-0.15, -0.1) is 5.10 Å². The van der Waals surface area contributed by atoms with Gasteiger partial charge < -0.3 is 5.32 Å². The smallest absolute Gasteiger partial charge is 0.267 e. The molecule has 0 saturated carbocycles. The Morgan fingerprint density at radius 1 is 1.20 bits per heavy atom. The SMILES string of the molecule is Cc1cc(=O)n(CC(=O)NCc2nnnn2-c2ccccc2)nc1C. The van der Waals surface area contributed by atoms with Gasteiger partial charge in [-0.3, -0.25) is 9.59 Å². The summed E-state index contributed by atoms with van der Waals surface area (Å²) in [6.07, 6.45) is 0. The first-order valence-electron chi connectivity index (χ1n) is 7.69. The van der Waals surface area contributed by atoms with Crippen LogP contribution in [-0.2, 0) is 17.9 Å². The van der Waals surface area contributed by atoms with Gasteiger partial charge in [-0.25, -0.2) is 4.68 Å². The second kappa shape index (κ2) is 7.04. The highest BCUT2D eigenvalue weighted by molar-refractivity contribution is 5.75. The van der Waals surface area contributed by atoms with Crippen molar-refractivity contribution in [3.8, 4) is 5.69 Å². The minimum Gasteiger partial charge on any atom is -0.347 e. The van der Waals surface area contributed by atoms with Crippen LogP contribution in [0.15, 0.2) is 41.2 Å². The number of hydrogen-bond donors (Lipinski definition) is 1. The molecule has 0 aliphatic carbocycles. The number of amides is 1. The maximum atomic E-state index is 12.1. The van der Waals surface area contributed by atoms with E-state index in [-0.39, 0.29) is 24.6 Å². The zero-order valence-electron chi connectivity index (χ0n) is 13.9. The van der Waals surface area contributed by atoms with E-state index in [0.29, 0.717) is 11.5 Å². The summed E-state index contributed by atoms with van der Waals surface area (Å²) in [5.41, 5.74) is 1.99. The molecule has 0 unspecified atom stereocenters. The van der Waals surface area contributed by atoms with Crippen LogP contribution in [0.2, 0.25) is 0 Å². The summed E-state index contributed by atoms with van der Waals surface area (Å²) in [6.45, 7) is 3.57. The first-order valence-corrected chi connectivity index (χ1v) is 7.69. The molecule has 2 aromatic heterocycles. The molecule has 25 heavy (non-hydrogen) atoms. The fourth-order valence-corrected chi connectivity index (χ4v) is 2.24. The number of rotatable bonds is 5. The fraction of sp³-hybridized carbons (Fsp3) is 0.250. The normalized spacial score (nSPS) is 10.6. The summed E-state index contributed by atoms with van der Waals surface area (Å²) < 4.78 is 2.68. The molecule has 1 aromatic carbocycles. The second-order valence-corrected chi connectivity index (χ2v) is 5.53. The molecule has 1 N–H and O–H groups in total. The highest BCUT2D eigenvalue weighted by Gasteiger charge is 2.11. The Labute approximate surface area is 143 Å². The summed E-state index contributed by atoms with van der Waals surface area (Å²) in [5, 5.41) is 18.3. The third-order valence-electron chi connectivity index (χ3n) is 3.71. The van der Waals surface area contributed by atoms with Crippen molar-refractivity contribution in [1.82, 2.24) is 35.3 Å². The number of aryl methyl sites for hydroxylation is 2. The van der Waals surface area contributed by atoms with Crippen LogP contribution < -0.4 is 10.9 Å². The quantitative estimate of drug-likeness (QED) is 0.709. The Balaban J connectivity index is 1.67. The minimum absolute atomic E-state index is 0.139. The number of benzene rings is 1. The van der Waals surface area contributed by atoms with Crippen LogP contribution in [0.3, 0.4) is 0 Å². The van der Waals surface area contributed by atoms with Gasteiger partial charge in [-0.2, -0.15) is 9.78 Å². The molecule has 128 valence electrons. The standard InChI is InChI=1S/C16H17N7O2/c1-11-8-16(25)22(19-12(11)2)10-15(24)17-9-14-18-20-21-23(14)13-6-4-3-5-7-13/h3-8H,9-10H2,1-2H3,(H,17,24). The van der Waals surface area contributed by atoms with Crippen LogP contribution in [0.25, 0.3) is 5.69 Å². The molecule has 1 amide bonds. The van der Waals surface area contributed by atoms with Crippen LogP contribution in [0.5, 0.6) is 0 Å².